The average molecular weight is 640 g/mol. The van der Waals surface area contributed by atoms with Gasteiger partial charge in [-0.3, -0.25) is 19.1 Å². The van der Waals surface area contributed by atoms with Crippen molar-refractivity contribution < 1.29 is 24.4 Å². The summed E-state index contributed by atoms with van der Waals surface area (Å²) < 4.78 is 7.40. The summed E-state index contributed by atoms with van der Waals surface area (Å²) in [5.74, 6) is 1.10. The van der Waals surface area contributed by atoms with Crippen molar-refractivity contribution in [3.63, 3.8) is 0 Å². The summed E-state index contributed by atoms with van der Waals surface area (Å²) in [5, 5.41) is 34.4. The molecule has 234 valence electrons. The summed E-state index contributed by atoms with van der Waals surface area (Å²) >= 11 is 6.17. The smallest absolute Gasteiger partial charge is 0.497 e. The second kappa shape index (κ2) is 13.2. The van der Waals surface area contributed by atoms with Crippen molar-refractivity contribution in [2.75, 3.05) is 20.2 Å². The first-order chi connectivity index (χ1) is 22.2. The van der Waals surface area contributed by atoms with Crippen LogP contribution in [0.3, 0.4) is 0 Å². The number of carbonyl (C=O) groups is 2. The highest BCUT2D eigenvalue weighted by Crippen LogP contribution is 2.34. The van der Waals surface area contributed by atoms with Gasteiger partial charge in [-0.2, -0.15) is 0 Å². The summed E-state index contributed by atoms with van der Waals surface area (Å²) in [5.41, 5.74) is 5.08. The van der Waals surface area contributed by atoms with Gasteiger partial charge >= 0.3 is 7.12 Å². The van der Waals surface area contributed by atoms with Crippen molar-refractivity contribution in [1.29, 1.82) is 0 Å². The Morgan fingerprint density at radius 2 is 1.83 bits per heavy atom. The Morgan fingerprint density at radius 3 is 2.59 bits per heavy atom. The van der Waals surface area contributed by atoms with E-state index in [-0.39, 0.29) is 24.8 Å². The van der Waals surface area contributed by atoms with Gasteiger partial charge in [0, 0.05) is 33.8 Å². The maximum Gasteiger partial charge on any atom is 0.505 e. The molecule has 2 amide bonds. The Balaban J connectivity index is 1.14. The molecule has 0 spiro atoms. The second-order valence-corrected chi connectivity index (χ2v) is 11.4. The van der Waals surface area contributed by atoms with Crippen molar-refractivity contribution >= 4 is 52.7 Å². The molecule has 3 aromatic carbocycles. The second-order valence-electron chi connectivity index (χ2n) is 10.9. The zero-order valence-corrected chi connectivity index (χ0v) is 25.9. The fourth-order valence-electron chi connectivity index (χ4n) is 5.50. The van der Waals surface area contributed by atoms with Crippen molar-refractivity contribution in [3.05, 3.63) is 100 Å². The molecular formula is C32H31BClN7O5. The number of carbonyl (C=O) groups excluding carboxylic acids is 2. The quantitative estimate of drug-likeness (QED) is 0.146. The first-order valence-electron chi connectivity index (χ1n) is 14.7. The van der Waals surface area contributed by atoms with Crippen molar-refractivity contribution in [3.8, 4) is 11.4 Å². The van der Waals surface area contributed by atoms with Crippen LogP contribution in [0, 0.1) is 6.92 Å². The molecule has 12 nitrogen and oxygen atoms in total. The highest BCUT2D eigenvalue weighted by atomic mass is 35.5. The number of aromatic nitrogens is 4. The molecule has 5 N–H and O–H groups in total. The van der Waals surface area contributed by atoms with Gasteiger partial charge in [0.15, 0.2) is 5.82 Å². The molecule has 5 aromatic rings. The van der Waals surface area contributed by atoms with E-state index in [1.165, 1.54) is 0 Å². The largest absolute Gasteiger partial charge is 0.505 e. The Bertz CT molecular complexity index is 1950. The van der Waals surface area contributed by atoms with E-state index < -0.39 is 13.2 Å². The van der Waals surface area contributed by atoms with Gasteiger partial charge in [0.05, 0.1) is 31.5 Å². The molecule has 3 heterocycles. The van der Waals surface area contributed by atoms with Crippen molar-refractivity contribution in [2.45, 2.75) is 25.8 Å². The number of ether oxygens (including phenoxy) is 1. The maximum absolute atomic E-state index is 13.2. The molecule has 0 radical (unpaired) electrons. The summed E-state index contributed by atoms with van der Waals surface area (Å²) in [6.45, 7) is 2.00. The van der Waals surface area contributed by atoms with E-state index in [1.807, 2.05) is 60.0 Å². The van der Waals surface area contributed by atoms with Gasteiger partial charge in [-0.05, 0) is 66.8 Å². The minimum Gasteiger partial charge on any atom is -0.497 e. The van der Waals surface area contributed by atoms with Gasteiger partial charge in [-0.1, -0.05) is 35.9 Å². The van der Waals surface area contributed by atoms with Crippen LogP contribution in [-0.4, -0.2) is 74.6 Å². The maximum atomic E-state index is 13.2. The number of methoxy groups -OCH3 is 1. The average Bonchev–Trinajstić information content (AvgIpc) is 3.62. The van der Waals surface area contributed by atoms with Crippen LogP contribution in [0.1, 0.15) is 40.8 Å². The number of hydrogen-bond acceptors (Lipinski definition) is 8. The lowest BCUT2D eigenvalue weighted by atomic mass is 9.86. The highest BCUT2D eigenvalue weighted by molar-refractivity contribution is 6.58. The first kappa shape index (κ1) is 31.0. The number of amides is 2. The van der Waals surface area contributed by atoms with Gasteiger partial charge in [-0.25, -0.2) is 0 Å². The van der Waals surface area contributed by atoms with E-state index in [0.29, 0.717) is 46.7 Å². The van der Waals surface area contributed by atoms with E-state index in [2.05, 4.69) is 25.8 Å². The number of fused-ring (bicyclic) bond motifs is 4. The van der Waals surface area contributed by atoms with E-state index in [0.717, 1.165) is 33.3 Å². The Kier molecular flexibility index (Phi) is 8.88. The number of aliphatic imine (C=N–C) groups is 1. The van der Waals surface area contributed by atoms with Crippen LogP contribution in [0.2, 0.25) is 5.02 Å². The zero-order valence-electron chi connectivity index (χ0n) is 25.1. The van der Waals surface area contributed by atoms with Gasteiger partial charge in [0.1, 0.15) is 17.6 Å². The van der Waals surface area contributed by atoms with E-state index >= 15 is 0 Å². The normalized spacial score (nSPS) is 13.8. The van der Waals surface area contributed by atoms with E-state index in [4.69, 9.17) is 21.3 Å². The third-order valence-corrected chi connectivity index (χ3v) is 8.05. The molecule has 0 bridgehead atoms. The predicted molar refractivity (Wildman–Crippen MR) is 175 cm³/mol. The number of aryl methyl sites for hydroxylation is 1. The van der Waals surface area contributed by atoms with Gasteiger partial charge in [0.2, 0.25) is 11.8 Å². The van der Waals surface area contributed by atoms with Gasteiger partial charge < -0.3 is 30.4 Å². The molecule has 1 aliphatic heterocycles. The molecule has 1 atom stereocenters. The van der Waals surface area contributed by atoms with E-state index in [1.54, 1.807) is 25.3 Å². The summed E-state index contributed by atoms with van der Waals surface area (Å²) in [6.07, 6.45) is 0.491. The minimum absolute atomic E-state index is 0.0612. The van der Waals surface area contributed by atoms with Crippen LogP contribution in [0.25, 0.3) is 16.6 Å². The van der Waals surface area contributed by atoms with Crippen LogP contribution < -0.4 is 21.0 Å². The summed E-state index contributed by atoms with van der Waals surface area (Å²) in [6, 6.07) is 19.6. The molecule has 6 rings (SSSR count). The van der Waals surface area contributed by atoms with Crippen LogP contribution in [0.5, 0.6) is 5.75 Å². The van der Waals surface area contributed by atoms with E-state index in [9.17, 15) is 19.6 Å². The topological polar surface area (TPSA) is 167 Å². The number of hydrogen-bond donors (Lipinski definition) is 5. The molecule has 0 saturated carbocycles. The molecule has 46 heavy (non-hydrogen) atoms. The lowest BCUT2D eigenvalue weighted by Gasteiger charge is -2.14. The zero-order chi connectivity index (χ0) is 32.4. The summed E-state index contributed by atoms with van der Waals surface area (Å²) in [7, 11) is 0.0208. The first-order valence-corrected chi connectivity index (χ1v) is 15.0. The molecule has 14 heteroatoms. The fraction of sp³-hybridized carbons (Fsp3) is 0.219. The van der Waals surface area contributed by atoms with Crippen LogP contribution in [0.15, 0.2) is 71.7 Å². The van der Waals surface area contributed by atoms with Gasteiger partial charge in [-0.15, -0.1) is 10.2 Å². The molecular weight excluding hydrogens is 609 g/mol. The summed E-state index contributed by atoms with van der Waals surface area (Å²) in [4.78, 5) is 33.8. The van der Waals surface area contributed by atoms with Crippen molar-refractivity contribution in [1.82, 2.24) is 30.4 Å². The number of aromatic amines is 1. The lowest BCUT2D eigenvalue weighted by molar-refractivity contribution is -0.126. The number of halogens is 1. The Labute approximate surface area is 269 Å². The highest BCUT2D eigenvalue weighted by Gasteiger charge is 2.30. The standard InChI is InChI=1S/C32H31BClN7O5/c1-18-39-40-32-26(38-31(20-5-7-22(34)8-6-20)24-15-23(46-2)9-10-27(24)41(18)32)16-29(42)36-17-30(43)35-12-11-19-3-4-21-14-28(33(44)45)37-25(21)13-19/h3-10,13-15,26,37,44-45H,11-12,16-17H2,1-2H3,(H,35,43)(H,36,42)/t26-/m0/s1. The van der Waals surface area contributed by atoms with Crippen LogP contribution >= 0.6 is 11.6 Å². The number of rotatable bonds is 10. The Hall–Kier alpha value is -4.98. The number of nitrogens with zero attached hydrogens (tertiary/aromatic N) is 4. The number of H-pyrrole nitrogens is 1. The van der Waals surface area contributed by atoms with Crippen LogP contribution in [0.4, 0.5) is 0 Å². The van der Waals surface area contributed by atoms with Crippen LogP contribution in [-0.2, 0) is 16.0 Å². The third-order valence-electron chi connectivity index (χ3n) is 7.80. The predicted octanol–water partition coefficient (Wildman–Crippen LogP) is 2.16. The van der Waals surface area contributed by atoms with Crippen molar-refractivity contribution in [2.24, 2.45) is 4.99 Å². The molecule has 0 unspecified atom stereocenters. The SMILES string of the molecule is COc1ccc2c(c1)C(c1ccc(Cl)cc1)=N[C@@H](CC(=O)NCC(=O)NCCc1ccc3cc(B(O)O)[nH]c3c1)c1nnc(C)n1-2. The Morgan fingerprint density at radius 1 is 1.02 bits per heavy atom. The molecule has 0 aliphatic carbocycles. The number of nitrogens with one attached hydrogen (secondary N) is 3. The third kappa shape index (κ3) is 6.52. The minimum atomic E-state index is -1.58. The number of benzene rings is 3. The van der Waals surface area contributed by atoms with Gasteiger partial charge in [0.25, 0.3) is 0 Å². The molecule has 2 aromatic heterocycles. The fourth-order valence-corrected chi connectivity index (χ4v) is 5.63. The molecule has 0 fully saturated rings. The monoisotopic (exact) mass is 639 g/mol. The molecule has 0 saturated heterocycles. The molecule has 1 aliphatic rings. The lowest BCUT2D eigenvalue weighted by Crippen LogP contribution is -2.38.